The molecule has 0 aliphatic rings. The molecule has 0 saturated heterocycles. The SMILES string of the molecule is c1coc(CCc2nn[nH]n2)c1. The lowest BCUT2D eigenvalue weighted by molar-refractivity contribution is 0.506. The maximum Gasteiger partial charge on any atom is 0.175 e. The summed E-state index contributed by atoms with van der Waals surface area (Å²) in [6.07, 6.45) is 3.22. The molecule has 5 heteroatoms. The average Bonchev–Trinajstić information content (AvgIpc) is 2.74. The van der Waals surface area contributed by atoms with Crippen molar-refractivity contribution in [3.63, 3.8) is 0 Å². The molecule has 0 radical (unpaired) electrons. The molecule has 0 spiro atoms. The minimum Gasteiger partial charge on any atom is -0.469 e. The van der Waals surface area contributed by atoms with Gasteiger partial charge in [-0.1, -0.05) is 5.21 Å². The maximum atomic E-state index is 5.15. The van der Waals surface area contributed by atoms with Crippen LogP contribution in [0.3, 0.4) is 0 Å². The zero-order valence-corrected chi connectivity index (χ0v) is 6.40. The predicted octanol–water partition coefficient (Wildman–Crippen LogP) is 0.578. The van der Waals surface area contributed by atoms with E-state index < -0.39 is 0 Å². The van der Waals surface area contributed by atoms with Gasteiger partial charge in [0.1, 0.15) is 5.76 Å². The van der Waals surface area contributed by atoms with E-state index in [4.69, 9.17) is 4.42 Å². The number of hydrogen-bond donors (Lipinski definition) is 1. The van der Waals surface area contributed by atoms with Gasteiger partial charge < -0.3 is 4.42 Å². The molecule has 12 heavy (non-hydrogen) atoms. The summed E-state index contributed by atoms with van der Waals surface area (Å²) in [6.45, 7) is 0. The van der Waals surface area contributed by atoms with Crippen molar-refractivity contribution in [2.45, 2.75) is 12.8 Å². The van der Waals surface area contributed by atoms with E-state index in [-0.39, 0.29) is 0 Å². The van der Waals surface area contributed by atoms with Crippen LogP contribution in [0.25, 0.3) is 0 Å². The normalized spacial score (nSPS) is 10.3. The van der Waals surface area contributed by atoms with Crippen LogP contribution in [0.2, 0.25) is 0 Å². The minimum atomic E-state index is 0.714. The van der Waals surface area contributed by atoms with E-state index in [1.165, 1.54) is 0 Å². The summed E-state index contributed by atoms with van der Waals surface area (Å²) in [5, 5.41) is 13.5. The highest BCUT2D eigenvalue weighted by Gasteiger charge is 2.00. The molecule has 0 saturated carbocycles. The number of aromatic nitrogens is 4. The van der Waals surface area contributed by atoms with E-state index in [1.807, 2.05) is 12.1 Å². The maximum absolute atomic E-state index is 5.15. The highest BCUT2D eigenvalue weighted by molar-refractivity contribution is 4.99. The Morgan fingerprint density at radius 3 is 3.08 bits per heavy atom. The van der Waals surface area contributed by atoms with Gasteiger partial charge in [0.25, 0.3) is 0 Å². The molecule has 5 nitrogen and oxygen atoms in total. The first kappa shape index (κ1) is 7.02. The number of aryl methyl sites for hydroxylation is 2. The summed E-state index contributed by atoms with van der Waals surface area (Å²) in [5.41, 5.74) is 0. The molecule has 2 aromatic rings. The van der Waals surface area contributed by atoms with Gasteiger partial charge in [0.2, 0.25) is 0 Å². The molecule has 0 amide bonds. The number of furan rings is 1. The fourth-order valence-corrected chi connectivity index (χ4v) is 0.978. The van der Waals surface area contributed by atoms with Gasteiger partial charge in [0.15, 0.2) is 5.82 Å². The summed E-state index contributed by atoms with van der Waals surface area (Å²) in [6, 6.07) is 3.80. The van der Waals surface area contributed by atoms with Crippen LogP contribution < -0.4 is 0 Å². The summed E-state index contributed by atoms with van der Waals surface area (Å²) in [5.74, 6) is 1.66. The van der Waals surface area contributed by atoms with Crippen molar-refractivity contribution < 1.29 is 4.42 Å². The van der Waals surface area contributed by atoms with Gasteiger partial charge >= 0.3 is 0 Å². The van der Waals surface area contributed by atoms with Crippen LogP contribution in [0, 0.1) is 0 Å². The van der Waals surface area contributed by atoms with Gasteiger partial charge in [-0.2, -0.15) is 5.21 Å². The Morgan fingerprint density at radius 1 is 1.42 bits per heavy atom. The largest absolute Gasteiger partial charge is 0.469 e. The van der Waals surface area contributed by atoms with E-state index in [1.54, 1.807) is 6.26 Å². The molecule has 2 aromatic heterocycles. The summed E-state index contributed by atoms with van der Waals surface area (Å²) in [4.78, 5) is 0. The Bertz CT molecular complexity index is 279. The third kappa shape index (κ3) is 1.50. The van der Waals surface area contributed by atoms with Crippen LogP contribution in [0.5, 0.6) is 0 Å². The van der Waals surface area contributed by atoms with Crippen LogP contribution in [-0.4, -0.2) is 20.6 Å². The Kier molecular flexibility index (Phi) is 1.85. The van der Waals surface area contributed by atoms with Crippen molar-refractivity contribution in [1.82, 2.24) is 20.6 Å². The lowest BCUT2D eigenvalue weighted by Crippen LogP contribution is -1.91. The quantitative estimate of drug-likeness (QED) is 0.720. The number of nitrogens with one attached hydrogen (secondary N) is 1. The number of rotatable bonds is 3. The summed E-state index contributed by atoms with van der Waals surface area (Å²) < 4.78 is 5.15. The monoisotopic (exact) mass is 164 g/mol. The summed E-state index contributed by atoms with van der Waals surface area (Å²) in [7, 11) is 0. The van der Waals surface area contributed by atoms with Gasteiger partial charge in [-0.3, -0.25) is 0 Å². The molecule has 0 aliphatic carbocycles. The Morgan fingerprint density at radius 2 is 2.42 bits per heavy atom. The fourth-order valence-electron chi connectivity index (χ4n) is 0.978. The zero-order valence-electron chi connectivity index (χ0n) is 6.40. The van der Waals surface area contributed by atoms with Crippen molar-refractivity contribution >= 4 is 0 Å². The van der Waals surface area contributed by atoms with Crippen molar-refractivity contribution in [2.75, 3.05) is 0 Å². The molecule has 1 N–H and O–H groups in total. The van der Waals surface area contributed by atoms with Gasteiger partial charge in [-0.15, -0.1) is 10.2 Å². The van der Waals surface area contributed by atoms with Crippen LogP contribution in [0.4, 0.5) is 0 Å². The molecule has 0 unspecified atom stereocenters. The van der Waals surface area contributed by atoms with Crippen molar-refractivity contribution in [3.8, 4) is 0 Å². The average molecular weight is 164 g/mol. The van der Waals surface area contributed by atoms with E-state index in [0.717, 1.165) is 18.6 Å². The van der Waals surface area contributed by atoms with Crippen molar-refractivity contribution in [3.05, 3.63) is 30.0 Å². The van der Waals surface area contributed by atoms with E-state index in [2.05, 4.69) is 20.6 Å². The van der Waals surface area contributed by atoms with Crippen molar-refractivity contribution in [2.24, 2.45) is 0 Å². The number of tetrazole rings is 1. The highest BCUT2D eigenvalue weighted by Crippen LogP contribution is 2.03. The van der Waals surface area contributed by atoms with Crippen molar-refractivity contribution in [1.29, 1.82) is 0 Å². The number of hydrogen-bond acceptors (Lipinski definition) is 4. The second-order valence-corrected chi connectivity index (χ2v) is 2.41. The molecule has 0 fully saturated rings. The van der Waals surface area contributed by atoms with E-state index in [0.29, 0.717) is 5.82 Å². The molecule has 0 bridgehead atoms. The predicted molar refractivity (Wildman–Crippen MR) is 40.3 cm³/mol. The van der Waals surface area contributed by atoms with Crippen LogP contribution in [-0.2, 0) is 12.8 Å². The highest BCUT2D eigenvalue weighted by atomic mass is 16.3. The third-order valence-electron chi connectivity index (χ3n) is 1.56. The lowest BCUT2D eigenvalue weighted by Gasteiger charge is -1.90. The number of nitrogens with zero attached hydrogens (tertiary/aromatic N) is 3. The van der Waals surface area contributed by atoms with Crippen LogP contribution >= 0.6 is 0 Å². The topological polar surface area (TPSA) is 67.6 Å². The second-order valence-electron chi connectivity index (χ2n) is 2.41. The Labute approximate surface area is 68.8 Å². The molecule has 0 aliphatic heterocycles. The molecule has 0 atom stereocenters. The van der Waals surface area contributed by atoms with Crippen LogP contribution in [0.1, 0.15) is 11.6 Å². The summed E-state index contributed by atoms with van der Waals surface area (Å²) >= 11 is 0. The fraction of sp³-hybridized carbons (Fsp3) is 0.286. The number of aromatic amines is 1. The lowest BCUT2D eigenvalue weighted by atomic mass is 10.2. The second kappa shape index (κ2) is 3.17. The standard InChI is InChI=1S/C7H8N4O/c1-2-6(12-5-1)3-4-7-8-10-11-9-7/h1-2,5H,3-4H2,(H,8,9,10,11). The smallest absolute Gasteiger partial charge is 0.175 e. The Balaban J connectivity index is 1.91. The third-order valence-corrected chi connectivity index (χ3v) is 1.56. The van der Waals surface area contributed by atoms with Gasteiger partial charge in [0, 0.05) is 12.8 Å². The first-order valence-corrected chi connectivity index (χ1v) is 3.70. The Hall–Kier alpha value is -1.65. The molecule has 2 heterocycles. The van der Waals surface area contributed by atoms with Gasteiger partial charge in [-0.25, -0.2) is 0 Å². The van der Waals surface area contributed by atoms with Crippen LogP contribution in [0.15, 0.2) is 22.8 Å². The van der Waals surface area contributed by atoms with E-state index in [9.17, 15) is 0 Å². The molecule has 62 valence electrons. The van der Waals surface area contributed by atoms with Gasteiger partial charge in [-0.05, 0) is 12.1 Å². The zero-order chi connectivity index (χ0) is 8.23. The molecular weight excluding hydrogens is 156 g/mol. The molecule has 2 rings (SSSR count). The molecular formula is C7H8N4O. The van der Waals surface area contributed by atoms with Gasteiger partial charge in [0.05, 0.1) is 6.26 Å². The molecule has 0 aromatic carbocycles. The van der Waals surface area contributed by atoms with E-state index >= 15 is 0 Å². The number of H-pyrrole nitrogens is 1. The first-order valence-electron chi connectivity index (χ1n) is 3.70. The first-order chi connectivity index (χ1) is 5.95. The minimum absolute atomic E-state index is 0.714.